The highest BCUT2D eigenvalue weighted by molar-refractivity contribution is 5.96. The highest BCUT2D eigenvalue weighted by Gasteiger charge is 2.28. The second-order valence-corrected chi connectivity index (χ2v) is 11.6. The fourth-order valence-electron chi connectivity index (χ4n) is 6.66. The van der Waals surface area contributed by atoms with Crippen LogP contribution in [-0.4, -0.2) is 47.2 Å². The Hall–Kier alpha value is -2.33. The minimum Gasteiger partial charge on any atom is -0.369 e. The Morgan fingerprint density at radius 3 is 2.29 bits per heavy atom. The smallest absolute Gasteiger partial charge is 0.147 e. The molecule has 1 aliphatic carbocycles. The van der Waals surface area contributed by atoms with Crippen LogP contribution in [0.4, 0.5) is 5.69 Å². The van der Waals surface area contributed by atoms with E-state index in [4.69, 9.17) is 4.98 Å². The summed E-state index contributed by atoms with van der Waals surface area (Å²) in [5.74, 6) is 0.622. The van der Waals surface area contributed by atoms with Gasteiger partial charge >= 0.3 is 0 Å². The highest BCUT2D eigenvalue weighted by Crippen LogP contribution is 2.41. The van der Waals surface area contributed by atoms with Gasteiger partial charge in [-0.3, -0.25) is 4.57 Å². The van der Waals surface area contributed by atoms with E-state index in [1.54, 1.807) is 5.56 Å². The van der Waals surface area contributed by atoms with Gasteiger partial charge in [-0.1, -0.05) is 31.5 Å². The third-order valence-electron chi connectivity index (χ3n) is 8.00. The second-order valence-electron chi connectivity index (χ2n) is 11.6. The molecule has 0 amide bonds. The number of nitrogens with zero attached hydrogens (tertiary/aromatic N) is 4. The predicted octanol–water partition coefficient (Wildman–Crippen LogP) is 6.70. The number of benzene rings is 1. The number of pyridine rings is 1. The molecule has 35 heavy (non-hydrogen) atoms. The standard InChI is InChI=1S/C31H44N4/c1-21(2)20-34(16-15-33-13-9-10-14-33)28-19-25(6)32-31-29(28)26-11-7-8-12-27(26)35(31)30-23(4)17-22(3)18-24(30)5/h17-19,21H,7-16,20H2,1-6H3. The molecule has 2 aromatic heterocycles. The molecule has 4 heteroatoms. The first kappa shape index (κ1) is 24.4. The van der Waals surface area contributed by atoms with Crippen LogP contribution < -0.4 is 4.90 Å². The number of rotatable bonds is 7. The van der Waals surface area contributed by atoms with Gasteiger partial charge in [0, 0.05) is 42.1 Å². The van der Waals surface area contributed by atoms with E-state index in [1.165, 1.54) is 90.0 Å². The van der Waals surface area contributed by atoms with Crippen molar-refractivity contribution in [1.29, 1.82) is 0 Å². The summed E-state index contributed by atoms with van der Waals surface area (Å²) in [6.07, 6.45) is 7.58. The number of fused-ring (bicyclic) bond motifs is 3. The summed E-state index contributed by atoms with van der Waals surface area (Å²) in [4.78, 5) is 10.6. The van der Waals surface area contributed by atoms with Gasteiger partial charge in [0.1, 0.15) is 5.65 Å². The first-order valence-corrected chi connectivity index (χ1v) is 13.9. The molecule has 2 aliphatic rings. The topological polar surface area (TPSA) is 24.3 Å². The van der Waals surface area contributed by atoms with Gasteiger partial charge in [-0.05, 0) is 108 Å². The number of hydrogen-bond donors (Lipinski definition) is 0. The molecule has 1 aliphatic heterocycles. The fourth-order valence-corrected chi connectivity index (χ4v) is 6.66. The quantitative estimate of drug-likeness (QED) is 0.382. The average molecular weight is 473 g/mol. The fraction of sp³-hybridized carbons (Fsp3) is 0.581. The Labute approximate surface area is 212 Å². The van der Waals surface area contributed by atoms with Crippen LogP contribution in [-0.2, 0) is 12.8 Å². The maximum atomic E-state index is 5.25. The van der Waals surface area contributed by atoms with E-state index >= 15 is 0 Å². The van der Waals surface area contributed by atoms with Crippen LogP contribution in [0.1, 0.15) is 73.2 Å². The third-order valence-corrected chi connectivity index (χ3v) is 8.00. The number of aryl methyl sites for hydroxylation is 5. The molecule has 4 nitrogen and oxygen atoms in total. The number of likely N-dealkylation sites (tertiary alicyclic amines) is 1. The van der Waals surface area contributed by atoms with Crippen LogP contribution in [0.25, 0.3) is 16.7 Å². The first-order chi connectivity index (χ1) is 16.8. The van der Waals surface area contributed by atoms with E-state index in [-0.39, 0.29) is 0 Å². The SMILES string of the molecule is Cc1cc(C)c(-n2c3c(c4c(N(CCN5CCCC5)CC(C)C)cc(C)nc42)CCCC3)c(C)c1. The molecule has 5 rings (SSSR count). The minimum absolute atomic E-state index is 0.622. The van der Waals surface area contributed by atoms with Gasteiger partial charge in [0.2, 0.25) is 0 Å². The van der Waals surface area contributed by atoms with Gasteiger partial charge in [0.05, 0.1) is 5.69 Å². The minimum atomic E-state index is 0.622. The second kappa shape index (κ2) is 9.97. The lowest BCUT2D eigenvalue weighted by atomic mass is 9.94. The van der Waals surface area contributed by atoms with Gasteiger partial charge in [0.25, 0.3) is 0 Å². The van der Waals surface area contributed by atoms with Crippen LogP contribution >= 0.6 is 0 Å². The van der Waals surface area contributed by atoms with Gasteiger partial charge in [-0.2, -0.15) is 0 Å². The maximum absolute atomic E-state index is 5.25. The summed E-state index contributed by atoms with van der Waals surface area (Å²) in [7, 11) is 0. The molecule has 3 aromatic rings. The lowest BCUT2D eigenvalue weighted by Crippen LogP contribution is -2.36. The lowest BCUT2D eigenvalue weighted by molar-refractivity contribution is 0.343. The van der Waals surface area contributed by atoms with Crippen LogP contribution in [0.3, 0.4) is 0 Å². The predicted molar refractivity (Wildman–Crippen MR) is 149 cm³/mol. The van der Waals surface area contributed by atoms with Crippen LogP contribution in [0, 0.1) is 33.6 Å². The summed E-state index contributed by atoms with van der Waals surface area (Å²) in [5, 5.41) is 1.42. The van der Waals surface area contributed by atoms with Crippen molar-refractivity contribution in [3.8, 4) is 5.69 Å². The average Bonchev–Trinajstić information content (AvgIpc) is 3.42. The van der Waals surface area contributed by atoms with E-state index in [0.29, 0.717) is 5.92 Å². The Morgan fingerprint density at radius 2 is 1.60 bits per heavy atom. The van der Waals surface area contributed by atoms with Crippen molar-refractivity contribution in [2.75, 3.05) is 37.6 Å². The molecule has 188 valence electrons. The zero-order valence-corrected chi connectivity index (χ0v) is 22.9. The van der Waals surface area contributed by atoms with Crippen LogP contribution in [0.2, 0.25) is 0 Å². The van der Waals surface area contributed by atoms with E-state index in [2.05, 4.69) is 74.1 Å². The molecule has 0 spiro atoms. The largest absolute Gasteiger partial charge is 0.369 e. The number of anilines is 1. The van der Waals surface area contributed by atoms with Crippen LogP contribution in [0.5, 0.6) is 0 Å². The molecule has 0 atom stereocenters. The number of hydrogen-bond acceptors (Lipinski definition) is 3. The number of aromatic nitrogens is 2. The van der Waals surface area contributed by atoms with Gasteiger partial charge in [-0.15, -0.1) is 0 Å². The Morgan fingerprint density at radius 1 is 0.914 bits per heavy atom. The molecular formula is C31H44N4. The van der Waals surface area contributed by atoms with Crippen molar-refractivity contribution in [1.82, 2.24) is 14.5 Å². The molecule has 0 N–H and O–H groups in total. The van der Waals surface area contributed by atoms with Crippen LogP contribution in [0.15, 0.2) is 18.2 Å². The van der Waals surface area contributed by atoms with Crippen molar-refractivity contribution in [2.45, 2.75) is 80.1 Å². The summed E-state index contributed by atoms with van der Waals surface area (Å²) in [6.45, 7) is 19.5. The van der Waals surface area contributed by atoms with E-state index in [1.807, 2.05) is 0 Å². The Bertz CT molecular complexity index is 1190. The summed E-state index contributed by atoms with van der Waals surface area (Å²) in [5.41, 5.74) is 12.2. The Balaban J connectivity index is 1.71. The Kier molecular flexibility index (Phi) is 6.94. The summed E-state index contributed by atoms with van der Waals surface area (Å²) >= 11 is 0. The molecular weight excluding hydrogens is 428 g/mol. The molecule has 1 saturated heterocycles. The van der Waals surface area contributed by atoms with Crippen molar-refractivity contribution in [2.24, 2.45) is 5.92 Å². The maximum Gasteiger partial charge on any atom is 0.147 e. The van der Waals surface area contributed by atoms with E-state index < -0.39 is 0 Å². The molecule has 0 radical (unpaired) electrons. The molecule has 3 heterocycles. The van der Waals surface area contributed by atoms with E-state index in [0.717, 1.165) is 31.7 Å². The molecule has 0 bridgehead atoms. The van der Waals surface area contributed by atoms with Gasteiger partial charge in [-0.25, -0.2) is 4.98 Å². The van der Waals surface area contributed by atoms with Crippen molar-refractivity contribution in [3.63, 3.8) is 0 Å². The molecule has 0 unspecified atom stereocenters. The summed E-state index contributed by atoms with van der Waals surface area (Å²) in [6, 6.07) is 7.05. The van der Waals surface area contributed by atoms with Crippen molar-refractivity contribution < 1.29 is 0 Å². The first-order valence-electron chi connectivity index (χ1n) is 13.9. The zero-order chi connectivity index (χ0) is 24.7. The molecule has 1 aromatic carbocycles. The monoisotopic (exact) mass is 472 g/mol. The third kappa shape index (κ3) is 4.74. The summed E-state index contributed by atoms with van der Waals surface area (Å²) < 4.78 is 2.55. The molecule has 0 saturated carbocycles. The van der Waals surface area contributed by atoms with Crippen molar-refractivity contribution >= 4 is 16.7 Å². The van der Waals surface area contributed by atoms with E-state index in [9.17, 15) is 0 Å². The zero-order valence-electron chi connectivity index (χ0n) is 22.9. The normalized spacial score (nSPS) is 16.4. The van der Waals surface area contributed by atoms with Gasteiger partial charge < -0.3 is 9.80 Å². The molecule has 1 fully saturated rings. The van der Waals surface area contributed by atoms with Crippen molar-refractivity contribution in [3.05, 3.63) is 51.8 Å². The van der Waals surface area contributed by atoms with Gasteiger partial charge in [0.15, 0.2) is 0 Å². The lowest BCUT2D eigenvalue weighted by Gasteiger charge is -2.30. The highest BCUT2D eigenvalue weighted by atomic mass is 15.2.